The molecule has 1 N–H and O–H groups in total. The first-order chi connectivity index (χ1) is 22.2. The average Bonchev–Trinajstić information content (AvgIpc) is 3.48. The molecule has 2 saturated heterocycles. The number of halogens is 1. The van der Waals surface area contributed by atoms with E-state index in [4.69, 9.17) is 20.8 Å². The fourth-order valence-electron chi connectivity index (χ4n) is 5.86. The minimum absolute atomic E-state index is 0.157. The van der Waals surface area contributed by atoms with Gasteiger partial charge in [0.2, 0.25) is 11.8 Å². The summed E-state index contributed by atoms with van der Waals surface area (Å²) in [7, 11) is 1.50. The smallest absolute Gasteiger partial charge is 0.287 e. The average molecular weight is 644 g/mol. The highest BCUT2D eigenvalue weighted by Crippen LogP contribution is 2.31. The summed E-state index contributed by atoms with van der Waals surface area (Å²) in [6.45, 7) is 4.47. The molecule has 2 aliphatic heterocycles. The molecule has 4 aromatic rings. The van der Waals surface area contributed by atoms with Gasteiger partial charge in [0, 0.05) is 49.8 Å². The summed E-state index contributed by atoms with van der Waals surface area (Å²) in [4.78, 5) is 53.7. The number of nitrogens with one attached hydrogen (secondary N) is 1. The number of carbonyl (C=O) groups excluding carboxylic acids is 3. The molecule has 46 heavy (non-hydrogen) atoms. The van der Waals surface area contributed by atoms with Crippen LogP contribution in [0.25, 0.3) is 11.0 Å². The molecular weight excluding hydrogens is 606 g/mol. The lowest BCUT2D eigenvalue weighted by Gasteiger charge is -2.33. The molecule has 3 heterocycles. The number of carbonyl (C=O) groups is 3. The topological polar surface area (TPSA) is 109 Å². The van der Waals surface area contributed by atoms with Crippen molar-refractivity contribution in [1.29, 1.82) is 0 Å². The van der Waals surface area contributed by atoms with E-state index in [0.717, 1.165) is 36.9 Å². The van der Waals surface area contributed by atoms with Crippen LogP contribution in [0.3, 0.4) is 0 Å². The molecule has 0 saturated carbocycles. The van der Waals surface area contributed by atoms with Crippen LogP contribution in [0, 0.1) is 6.92 Å². The van der Waals surface area contributed by atoms with Crippen LogP contribution in [0.15, 0.2) is 82.0 Å². The van der Waals surface area contributed by atoms with E-state index in [-0.39, 0.29) is 35.1 Å². The normalized spacial score (nSPS) is 15.0. The number of methoxy groups -OCH3 is 1. The third kappa shape index (κ3) is 8.14. The molecule has 0 radical (unpaired) electrons. The summed E-state index contributed by atoms with van der Waals surface area (Å²) in [5.74, 6) is 0.0636. The van der Waals surface area contributed by atoms with Crippen molar-refractivity contribution in [3.63, 3.8) is 0 Å². The zero-order valence-corrected chi connectivity index (χ0v) is 26.8. The Morgan fingerprint density at radius 2 is 1.72 bits per heavy atom. The molecule has 2 fully saturated rings. The molecule has 0 atom stereocenters. The zero-order chi connectivity index (χ0) is 32.6. The molecule has 240 valence electrons. The van der Waals surface area contributed by atoms with Crippen molar-refractivity contribution in [1.82, 2.24) is 15.1 Å². The molecule has 0 bridgehead atoms. The third-order valence-corrected chi connectivity index (χ3v) is 8.70. The Morgan fingerprint density at radius 3 is 2.39 bits per heavy atom. The van der Waals surface area contributed by atoms with Gasteiger partial charge in [-0.25, -0.2) is 0 Å². The lowest BCUT2D eigenvalue weighted by molar-refractivity contribution is -0.131. The second kappa shape index (κ2) is 15.1. The summed E-state index contributed by atoms with van der Waals surface area (Å²) in [5.41, 5.74) is 3.56. The third-order valence-electron chi connectivity index (χ3n) is 8.45. The van der Waals surface area contributed by atoms with Crippen molar-refractivity contribution in [3.05, 3.63) is 110 Å². The Kier molecular flexibility index (Phi) is 10.8. The van der Waals surface area contributed by atoms with E-state index in [9.17, 15) is 19.2 Å². The monoisotopic (exact) mass is 643 g/mol. The summed E-state index contributed by atoms with van der Waals surface area (Å²) in [6, 6.07) is 21.9. The summed E-state index contributed by atoms with van der Waals surface area (Å²) in [5, 5.41) is 3.73. The van der Waals surface area contributed by atoms with E-state index in [0.29, 0.717) is 43.1 Å². The highest BCUT2D eigenvalue weighted by molar-refractivity contribution is 6.30. The fraction of sp³-hybridized carbons (Fsp3) is 0.333. The highest BCUT2D eigenvalue weighted by Gasteiger charge is 2.27. The lowest BCUT2D eigenvalue weighted by atomic mass is 9.86. The summed E-state index contributed by atoms with van der Waals surface area (Å²) < 4.78 is 10.8. The zero-order valence-electron chi connectivity index (χ0n) is 26.1. The van der Waals surface area contributed by atoms with Crippen molar-refractivity contribution in [3.8, 4) is 5.75 Å². The highest BCUT2D eigenvalue weighted by atomic mass is 35.5. The number of amides is 3. The van der Waals surface area contributed by atoms with E-state index in [1.165, 1.54) is 23.8 Å². The van der Waals surface area contributed by atoms with Gasteiger partial charge in [-0.15, -0.1) is 0 Å². The lowest BCUT2D eigenvalue weighted by Crippen LogP contribution is -2.44. The van der Waals surface area contributed by atoms with Crippen molar-refractivity contribution >= 4 is 40.3 Å². The Morgan fingerprint density at radius 1 is 0.978 bits per heavy atom. The second-order valence-corrected chi connectivity index (χ2v) is 12.0. The summed E-state index contributed by atoms with van der Waals surface area (Å²) >= 11 is 5.61. The van der Waals surface area contributed by atoms with Crippen LogP contribution in [-0.4, -0.2) is 60.8 Å². The summed E-state index contributed by atoms with van der Waals surface area (Å²) in [6.07, 6.45) is 3.17. The van der Waals surface area contributed by atoms with Gasteiger partial charge in [0.25, 0.3) is 5.91 Å². The van der Waals surface area contributed by atoms with Crippen molar-refractivity contribution < 1.29 is 23.5 Å². The van der Waals surface area contributed by atoms with Gasteiger partial charge >= 0.3 is 0 Å². The minimum atomic E-state index is -0.625. The molecule has 2 aliphatic rings. The largest absolute Gasteiger partial charge is 0.497 e. The molecule has 9 nitrogen and oxygen atoms in total. The number of nitrogens with zero attached hydrogens (tertiary/aromatic N) is 2. The van der Waals surface area contributed by atoms with Gasteiger partial charge in [0.05, 0.1) is 19.0 Å². The number of piperidine rings is 1. The number of aryl methyl sites for hydroxylation is 1. The van der Waals surface area contributed by atoms with Crippen molar-refractivity contribution in [2.24, 2.45) is 0 Å². The predicted molar refractivity (Wildman–Crippen MR) is 177 cm³/mol. The van der Waals surface area contributed by atoms with Gasteiger partial charge in [0.1, 0.15) is 11.3 Å². The van der Waals surface area contributed by atoms with Gasteiger partial charge in [-0.3, -0.25) is 19.2 Å². The molecule has 1 aromatic heterocycles. The second-order valence-electron chi connectivity index (χ2n) is 11.6. The molecule has 0 aliphatic carbocycles. The molecule has 10 heteroatoms. The molecular formula is C36H38ClN3O6. The predicted octanol–water partition coefficient (Wildman–Crippen LogP) is 5.71. The van der Waals surface area contributed by atoms with E-state index in [2.05, 4.69) is 17.4 Å². The van der Waals surface area contributed by atoms with Crippen LogP contribution in [0.5, 0.6) is 5.75 Å². The maximum absolute atomic E-state index is 12.8. The Bertz CT molecular complexity index is 1740. The molecule has 0 spiro atoms. The number of likely N-dealkylation sites (tertiary alicyclic amines) is 2. The van der Waals surface area contributed by atoms with Crippen LogP contribution in [0.4, 0.5) is 0 Å². The quantitative estimate of drug-likeness (QED) is 0.276. The van der Waals surface area contributed by atoms with E-state index < -0.39 is 5.91 Å². The fourth-order valence-corrected chi connectivity index (χ4v) is 5.98. The van der Waals surface area contributed by atoms with Crippen LogP contribution >= 0.6 is 11.6 Å². The van der Waals surface area contributed by atoms with Gasteiger partial charge in [0.15, 0.2) is 11.2 Å². The Balaban J connectivity index is 0.000000455. The van der Waals surface area contributed by atoms with Gasteiger partial charge in [-0.1, -0.05) is 53.6 Å². The number of fused-ring (bicyclic) bond motifs is 1. The molecule has 6 rings (SSSR count). The number of benzene rings is 3. The van der Waals surface area contributed by atoms with E-state index >= 15 is 0 Å². The number of hydrogen-bond acceptors (Lipinski definition) is 6. The first kappa shape index (κ1) is 32.8. The van der Waals surface area contributed by atoms with Gasteiger partial charge in [-0.2, -0.15) is 0 Å². The SMILES string of the molecule is COc1ccc2c(=O)cc(C(=O)NCC(=O)N3CCC(c4ccccc4CN4CCCC4=O)CC3)oc2c1.Cc1ccc(Cl)cc1. The Hall–Kier alpha value is -4.63. The van der Waals surface area contributed by atoms with Gasteiger partial charge in [-0.05, 0) is 67.5 Å². The van der Waals surface area contributed by atoms with Crippen molar-refractivity contribution in [2.45, 2.75) is 45.1 Å². The first-order valence-electron chi connectivity index (χ1n) is 15.5. The number of ether oxygens (including phenoxy) is 1. The standard InChI is InChI=1S/C29H31N3O6.C7H7Cl/c1-37-21-8-9-23-24(33)16-26(38-25(23)15-21)29(36)30-17-28(35)31-13-10-19(11-14-31)22-6-3-2-5-20(22)18-32-12-4-7-27(32)34;1-6-2-4-7(8)5-3-6/h2-3,5-6,8-9,15-16,19H,4,7,10-14,17-18H2,1H3,(H,30,36);2-5H,1H3. The van der Waals surface area contributed by atoms with Gasteiger partial charge < -0.3 is 24.3 Å². The maximum atomic E-state index is 12.8. The maximum Gasteiger partial charge on any atom is 0.287 e. The van der Waals surface area contributed by atoms with Crippen molar-refractivity contribution in [2.75, 3.05) is 33.3 Å². The molecule has 3 aromatic carbocycles. The number of rotatable bonds is 7. The molecule has 0 unspecified atom stereocenters. The van der Waals surface area contributed by atoms with Crippen LogP contribution in [0.2, 0.25) is 5.02 Å². The van der Waals surface area contributed by atoms with E-state index in [1.54, 1.807) is 23.1 Å². The number of hydrogen-bond donors (Lipinski definition) is 1. The van der Waals surface area contributed by atoms with Crippen LogP contribution in [-0.2, 0) is 16.1 Å². The molecule has 3 amide bonds. The first-order valence-corrected chi connectivity index (χ1v) is 15.8. The van der Waals surface area contributed by atoms with Crippen LogP contribution in [0.1, 0.15) is 58.8 Å². The minimum Gasteiger partial charge on any atom is -0.497 e. The Labute approximate surface area is 273 Å². The van der Waals surface area contributed by atoms with E-state index in [1.807, 2.05) is 48.2 Å². The van der Waals surface area contributed by atoms with Crippen LogP contribution < -0.4 is 15.5 Å².